The van der Waals surface area contributed by atoms with E-state index in [1.807, 2.05) is 45.0 Å². The SMILES string of the molecule is CCCN(Cc1nc2sc(C)c(C)c2c(=O)[nH]1)C[C@@H](O)COc1ccccc1C. The van der Waals surface area contributed by atoms with Crippen LogP contribution in [-0.4, -0.2) is 45.8 Å². The highest BCUT2D eigenvalue weighted by molar-refractivity contribution is 7.18. The van der Waals surface area contributed by atoms with Crippen molar-refractivity contribution in [2.45, 2.75) is 46.8 Å². The Bertz CT molecular complexity index is 1030. The van der Waals surface area contributed by atoms with E-state index < -0.39 is 6.10 Å². The zero-order valence-electron chi connectivity index (χ0n) is 17.5. The number of benzene rings is 1. The van der Waals surface area contributed by atoms with E-state index in [1.165, 1.54) is 0 Å². The van der Waals surface area contributed by atoms with Gasteiger partial charge in [0.2, 0.25) is 0 Å². The number of nitrogens with zero attached hydrogens (tertiary/aromatic N) is 2. The summed E-state index contributed by atoms with van der Waals surface area (Å²) in [5.41, 5.74) is 1.95. The smallest absolute Gasteiger partial charge is 0.259 e. The molecular weight excluding hydrogens is 386 g/mol. The van der Waals surface area contributed by atoms with Crippen molar-refractivity contribution in [3.8, 4) is 5.75 Å². The number of aryl methyl sites for hydroxylation is 3. The molecule has 156 valence electrons. The van der Waals surface area contributed by atoms with Crippen LogP contribution in [0.3, 0.4) is 0 Å². The van der Waals surface area contributed by atoms with E-state index in [4.69, 9.17) is 4.74 Å². The molecule has 0 aliphatic carbocycles. The van der Waals surface area contributed by atoms with E-state index in [0.29, 0.717) is 24.3 Å². The summed E-state index contributed by atoms with van der Waals surface area (Å²) >= 11 is 1.55. The van der Waals surface area contributed by atoms with Crippen LogP contribution in [0.25, 0.3) is 10.2 Å². The third kappa shape index (κ3) is 5.23. The molecule has 3 rings (SSSR count). The third-order valence-electron chi connectivity index (χ3n) is 5.00. The molecule has 0 radical (unpaired) electrons. The molecule has 1 aromatic carbocycles. The van der Waals surface area contributed by atoms with Crippen LogP contribution in [-0.2, 0) is 6.54 Å². The average Bonchev–Trinajstić information content (AvgIpc) is 2.95. The number of para-hydroxylation sites is 1. The van der Waals surface area contributed by atoms with E-state index in [2.05, 4.69) is 21.8 Å². The molecule has 0 fully saturated rings. The van der Waals surface area contributed by atoms with Crippen molar-refractivity contribution in [1.29, 1.82) is 0 Å². The number of nitrogens with one attached hydrogen (secondary N) is 1. The Balaban J connectivity index is 1.67. The molecular formula is C22H29N3O3S. The second kappa shape index (κ2) is 9.52. The molecule has 1 atom stereocenters. The lowest BCUT2D eigenvalue weighted by Gasteiger charge is -2.24. The summed E-state index contributed by atoms with van der Waals surface area (Å²) in [4.78, 5) is 24.1. The first kappa shape index (κ1) is 21.5. The van der Waals surface area contributed by atoms with Gasteiger partial charge in [-0.1, -0.05) is 25.1 Å². The summed E-state index contributed by atoms with van der Waals surface area (Å²) < 4.78 is 5.77. The number of aliphatic hydroxyl groups is 1. The van der Waals surface area contributed by atoms with Gasteiger partial charge in [0.1, 0.15) is 29.1 Å². The van der Waals surface area contributed by atoms with E-state index >= 15 is 0 Å². The maximum absolute atomic E-state index is 12.5. The number of H-pyrrole nitrogens is 1. The van der Waals surface area contributed by atoms with Crippen LogP contribution in [0, 0.1) is 20.8 Å². The fourth-order valence-corrected chi connectivity index (χ4v) is 4.44. The first-order chi connectivity index (χ1) is 13.9. The standard InChI is InChI=1S/C22H29N3O3S/c1-5-10-25(11-17(26)13-28-18-9-7-6-8-14(18)2)12-19-23-21(27)20-15(3)16(4)29-22(20)24-19/h6-9,17,26H,5,10-13H2,1-4H3,(H,23,24,27)/t17-/m1/s1. The van der Waals surface area contributed by atoms with E-state index in [0.717, 1.165) is 39.5 Å². The van der Waals surface area contributed by atoms with Gasteiger partial charge in [-0.3, -0.25) is 9.69 Å². The van der Waals surface area contributed by atoms with E-state index in [-0.39, 0.29) is 12.2 Å². The topological polar surface area (TPSA) is 78.5 Å². The lowest BCUT2D eigenvalue weighted by atomic mass is 10.2. The molecule has 2 heterocycles. The molecule has 3 aromatic rings. The van der Waals surface area contributed by atoms with Crippen LogP contribution in [0.1, 0.15) is 35.2 Å². The predicted octanol–water partition coefficient (Wildman–Crippen LogP) is 3.56. The minimum atomic E-state index is -0.636. The molecule has 0 spiro atoms. The van der Waals surface area contributed by atoms with Crippen LogP contribution in [0.15, 0.2) is 29.1 Å². The van der Waals surface area contributed by atoms with Crippen LogP contribution >= 0.6 is 11.3 Å². The third-order valence-corrected chi connectivity index (χ3v) is 6.10. The second-order valence-corrected chi connectivity index (χ2v) is 8.64. The molecule has 0 saturated heterocycles. The molecule has 0 saturated carbocycles. The van der Waals surface area contributed by atoms with Crippen molar-refractivity contribution in [3.63, 3.8) is 0 Å². The average molecular weight is 416 g/mol. The van der Waals surface area contributed by atoms with Gasteiger partial charge in [0, 0.05) is 11.4 Å². The van der Waals surface area contributed by atoms with E-state index in [9.17, 15) is 9.90 Å². The van der Waals surface area contributed by atoms with E-state index in [1.54, 1.807) is 11.3 Å². The summed E-state index contributed by atoms with van der Waals surface area (Å²) in [6, 6.07) is 7.77. The number of hydrogen-bond donors (Lipinski definition) is 2. The number of thiophene rings is 1. The summed E-state index contributed by atoms with van der Waals surface area (Å²) in [6.07, 6.45) is 0.303. The van der Waals surface area contributed by atoms with Gasteiger partial charge in [-0.05, 0) is 50.9 Å². The summed E-state index contributed by atoms with van der Waals surface area (Å²) in [5, 5.41) is 11.2. The van der Waals surface area contributed by atoms with Crippen LogP contribution < -0.4 is 10.3 Å². The highest BCUT2D eigenvalue weighted by Gasteiger charge is 2.16. The molecule has 0 amide bonds. The number of ether oxygens (including phenoxy) is 1. The molecule has 7 heteroatoms. The first-order valence-corrected chi connectivity index (χ1v) is 10.8. The zero-order valence-corrected chi connectivity index (χ0v) is 18.3. The Morgan fingerprint density at radius 1 is 1.28 bits per heavy atom. The van der Waals surface area contributed by atoms with Gasteiger partial charge in [0.25, 0.3) is 5.56 Å². The molecule has 2 aromatic heterocycles. The summed E-state index contributed by atoms with van der Waals surface area (Å²) in [7, 11) is 0. The Labute approximate surface area is 175 Å². The monoisotopic (exact) mass is 415 g/mol. The second-order valence-electron chi connectivity index (χ2n) is 7.44. The number of rotatable bonds is 9. The maximum Gasteiger partial charge on any atom is 0.259 e. The maximum atomic E-state index is 12.5. The minimum Gasteiger partial charge on any atom is -0.491 e. The molecule has 29 heavy (non-hydrogen) atoms. The molecule has 0 unspecified atom stereocenters. The van der Waals surface area contributed by atoms with Crippen molar-refractivity contribution in [2.75, 3.05) is 19.7 Å². The highest BCUT2D eigenvalue weighted by atomic mass is 32.1. The van der Waals surface area contributed by atoms with Gasteiger partial charge in [-0.2, -0.15) is 0 Å². The predicted molar refractivity (Wildman–Crippen MR) is 118 cm³/mol. The largest absolute Gasteiger partial charge is 0.491 e. The lowest BCUT2D eigenvalue weighted by molar-refractivity contribution is 0.0645. The first-order valence-electron chi connectivity index (χ1n) is 9.96. The van der Waals surface area contributed by atoms with Crippen LogP contribution in [0.2, 0.25) is 0 Å². The van der Waals surface area contributed by atoms with Crippen molar-refractivity contribution in [1.82, 2.24) is 14.9 Å². The zero-order chi connectivity index (χ0) is 21.0. The van der Waals surface area contributed by atoms with Gasteiger partial charge < -0.3 is 14.8 Å². The molecule has 2 N–H and O–H groups in total. The van der Waals surface area contributed by atoms with Gasteiger partial charge in [-0.15, -0.1) is 11.3 Å². The number of fused-ring (bicyclic) bond motifs is 1. The number of aromatic amines is 1. The molecule has 0 bridgehead atoms. The van der Waals surface area contributed by atoms with Gasteiger partial charge >= 0.3 is 0 Å². The van der Waals surface area contributed by atoms with Crippen molar-refractivity contribution < 1.29 is 9.84 Å². The number of aromatic nitrogens is 2. The Morgan fingerprint density at radius 3 is 2.76 bits per heavy atom. The summed E-state index contributed by atoms with van der Waals surface area (Å²) in [6.45, 7) is 9.99. The highest BCUT2D eigenvalue weighted by Crippen LogP contribution is 2.25. The molecule has 0 aliphatic heterocycles. The summed E-state index contributed by atoms with van der Waals surface area (Å²) in [5.74, 6) is 1.41. The fourth-order valence-electron chi connectivity index (χ4n) is 3.39. The van der Waals surface area contributed by atoms with Gasteiger partial charge in [-0.25, -0.2) is 4.98 Å². The van der Waals surface area contributed by atoms with Crippen molar-refractivity contribution in [2.24, 2.45) is 0 Å². The Morgan fingerprint density at radius 2 is 2.03 bits per heavy atom. The normalized spacial score (nSPS) is 12.6. The molecule has 6 nitrogen and oxygen atoms in total. The minimum absolute atomic E-state index is 0.0910. The van der Waals surface area contributed by atoms with Gasteiger partial charge in [0.05, 0.1) is 11.9 Å². The Hall–Kier alpha value is -2.22. The van der Waals surface area contributed by atoms with Crippen molar-refractivity contribution in [3.05, 3.63) is 56.4 Å². The lowest BCUT2D eigenvalue weighted by Crippen LogP contribution is -2.36. The van der Waals surface area contributed by atoms with Crippen LogP contribution in [0.5, 0.6) is 5.75 Å². The number of hydrogen-bond acceptors (Lipinski definition) is 6. The molecule has 0 aliphatic rings. The van der Waals surface area contributed by atoms with Crippen LogP contribution in [0.4, 0.5) is 0 Å². The Kier molecular flexibility index (Phi) is 7.05. The van der Waals surface area contributed by atoms with Crippen molar-refractivity contribution >= 4 is 21.6 Å². The number of aliphatic hydroxyl groups excluding tert-OH is 1. The van der Waals surface area contributed by atoms with Gasteiger partial charge in [0.15, 0.2) is 0 Å². The quantitative estimate of drug-likeness (QED) is 0.559. The fraction of sp³-hybridized carbons (Fsp3) is 0.455.